The van der Waals surface area contributed by atoms with E-state index in [1.165, 1.54) is 6.07 Å². The van der Waals surface area contributed by atoms with Crippen molar-refractivity contribution in [1.29, 1.82) is 0 Å². The predicted molar refractivity (Wildman–Crippen MR) is 51.0 cm³/mol. The lowest BCUT2D eigenvalue weighted by Gasteiger charge is -2.10. The third kappa shape index (κ3) is 2.52. The third-order valence-electron chi connectivity index (χ3n) is 2.08. The SMILES string of the molecule is CCCC(O)c1ccc(C)cc1F. The lowest BCUT2D eigenvalue weighted by molar-refractivity contribution is 0.162. The van der Waals surface area contributed by atoms with Crippen LogP contribution in [0.2, 0.25) is 0 Å². The molecule has 72 valence electrons. The van der Waals surface area contributed by atoms with Gasteiger partial charge in [0.2, 0.25) is 0 Å². The minimum atomic E-state index is -0.661. The Morgan fingerprint density at radius 3 is 2.69 bits per heavy atom. The van der Waals surface area contributed by atoms with Crippen LogP contribution in [0.25, 0.3) is 0 Å². The van der Waals surface area contributed by atoms with Gasteiger partial charge in [-0.1, -0.05) is 25.5 Å². The van der Waals surface area contributed by atoms with Crippen LogP contribution in [0.3, 0.4) is 0 Å². The summed E-state index contributed by atoms with van der Waals surface area (Å²) in [7, 11) is 0. The molecular weight excluding hydrogens is 167 g/mol. The summed E-state index contributed by atoms with van der Waals surface area (Å²) in [5, 5.41) is 9.55. The highest BCUT2D eigenvalue weighted by Gasteiger charge is 2.10. The third-order valence-corrected chi connectivity index (χ3v) is 2.08. The molecule has 0 fully saturated rings. The molecule has 1 nitrogen and oxygen atoms in total. The Hall–Kier alpha value is -0.890. The second-order valence-electron chi connectivity index (χ2n) is 3.33. The Morgan fingerprint density at radius 1 is 1.46 bits per heavy atom. The maximum absolute atomic E-state index is 13.3. The van der Waals surface area contributed by atoms with Gasteiger partial charge in [-0.3, -0.25) is 0 Å². The lowest BCUT2D eigenvalue weighted by atomic mass is 10.0. The van der Waals surface area contributed by atoms with Crippen molar-refractivity contribution in [3.63, 3.8) is 0 Å². The molecule has 0 radical (unpaired) electrons. The second kappa shape index (κ2) is 4.38. The molecule has 1 N–H and O–H groups in total. The molecular formula is C11H15FO. The summed E-state index contributed by atoms with van der Waals surface area (Å²) in [5.74, 6) is -0.305. The number of aliphatic hydroxyl groups is 1. The van der Waals surface area contributed by atoms with E-state index in [4.69, 9.17) is 0 Å². The van der Waals surface area contributed by atoms with Crippen LogP contribution in [0, 0.1) is 12.7 Å². The molecule has 1 aromatic carbocycles. The highest BCUT2D eigenvalue weighted by molar-refractivity contribution is 5.25. The van der Waals surface area contributed by atoms with E-state index in [1.807, 2.05) is 19.9 Å². The van der Waals surface area contributed by atoms with Crippen molar-refractivity contribution in [1.82, 2.24) is 0 Å². The van der Waals surface area contributed by atoms with Crippen LogP contribution < -0.4 is 0 Å². The van der Waals surface area contributed by atoms with Crippen molar-refractivity contribution >= 4 is 0 Å². The van der Waals surface area contributed by atoms with E-state index in [9.17, 15) is 9.50 Å². The fourth-order valence-corrected chi connectivity index (χ4v) is 1.33. The van der Waals surface area contributed by atoms with E-state index in [1.54, 1.807) is 6.07 Å². The van der Waals surface area contributed by atoms with Gasteiger partial charge in [0.1, 0.15) is 5.82 Å². The molecule has 1 aromatic rings. The van der Waals surface area contributed by atoms with Gasteiger partial charge in [0, 0.05) is 5.56 Å². The van der Waals surface area contributed by atoms with Crippen LogP contribution in [0.5, 0.6) is 0 Å². The molecule has 0 aliphatic carbocycles. The van der Waals surface area contributed by atoms with Crippen molar-refractivity contribution in [3.8, 4) is 0 Å². The van der Waals surface area contributed by atoms with Crippen molar-refractivity contribution in [2.24, 2.45) is 0 Å². The van der Waals surface area contributed by atoms with Gasteiger partial charge in [0.15, 0.2) is 0 Å². The predicted octanol–water partition coefficient (Wildman–Crippen LogP) is 2.97. The Bertz CT molecular complexity index is 283. The molecule has 0 bridgehead atoms. The van der Waals surface area contributed by atoms with E-state index in [2.05, 4.69) is 0 Å². The molecule has 0 saturated heterocycles. The zero-order valence-corrected chi connectivity index (χ0v) is 8.05. The van der Waals surface area contributed by atoms with Gasteiger partial charge in [0.05, 0.1) is 6.10 Å². The fourth-order valence-electron chi connectivity index (χ4n) is 1.33. The summed E-state index contributed by atoms with van der Waals surface area (Å²) in [6.45, 7) is 3.80. The largest absolute Gasteiger partial charge is 0.388 e. The molecule has 0 saturated carbocycles. The maximum atomic E-state index is 13.3. The highest BCUT2D eigenvalue weighted by Crippen LogP contribution is 2.21. The second-order valence-corrected chi connectivity index (χ2v) is 3.33. The van der Waals surface area contributed by atoms with Gasteiger partial charge in [-0.15, -0.1) is 0 Å². The molecule has 1 rings (SSSR count). The van der Waals surface area contributed by atoms with Gasteiger partial charge >= 0.3 is 0 Å². The van der Waals surface area contributed by atoms with Gasteiger partial charge in [-0.05, 0) is 25.0 Å². The van der Waals surface area contributed by atoms with Crippen molar-refractivity contribution in [2.75, 3.05) is 0 Å². The van der Waals surface area contributed by atoms with Gasteiger partial charge < -0.3 is 5.11 Å². The van der Waals surface area contributed by atoms with E-state index in [-0.39, 0.29) is 5.82 Å². The van der Waals surface area contributed by atoms with Crippen LogP contribution >= 0.6 is 0 Å². The monoisotopic (exact) mass is 182 g/mol. The van der Waals surface area contributed by atoms with E-state index < -0.39 is 6.10 Å². The van der Waals surface area contributed by atoms with E-state index >= 15 is 0 Å². The number of aliphatic hydroxyl groups excluding tert-OH is 1. The molecule has 1 unspecified atom stereocenters. The molecule has 0 heterocycles. The molecule has 0 spiro atoms. The Kier molecular flexibility index (Phi) is 3.43. The zero-order valence-electron chi connectivity index (χ0n) is 8.05. The molecule has 2 heteroatoms. The first-order chi connectivity index (χ1) is 6.15. The molecule has 13 heavy (non-hydrogen) atoms. The topological polar surface area (TPSA) is 20.2 Å². The maximum Gasteiger partial charge on any atom is 0.129 e. The van der Waals surface area contributed by atoms with Crippen LogP contribution in [-0.2, 0) is 0 Å². The Morgan fingerprint density at radius 2 is 2.15 bits per heavy atom. The van der Waals surface area contributed by atoms with E-state index in [0.717, 1.165) is 12.0 Å². The summed E-state index contributed by atoms with van der Waals surface area (Å²) >= 11 is 0. The van der Waals surface area contributed by atoms with Crippen LogP contribution in [-0.4, -0.2) is 5.11 Å². The molecule has 0 amide bonds. The summed E-state index contributed by atoms with van der Waals surface area (Å²) in [6, 6.07) is 4.93. The normalized spacial score (nSPS) is 12.9. The number of hydrogen-bond donors (Lipinski definition) is 1. The standard InChI is InChI=1S/C11H15FO/c1-3-4-11(13)9-6-5-8(2)7-10(9)12/h5-7,11,13H,3-4H2,1-2H3. The first kappa shape index (κ1) is 10.2. The van der Waals surface area contributed by atoms with Crippen LogP contribution in [0.4, 0.5) is 4.39 Å². The van der Waals surface area contributed by atoms with E-state index in [0.29, 0.717) is 12.0 Å². The highest BCUT2D eigenvalue weighted by atomic mass is 19.1. The first-order valence-corrected chi connectivity index (χ1v) is 4.59. The molecule has 1 atom stereocenters. The lowest BCUT2D eigenvalue weighted by Crippen LogP contribution is -2.00. The number of rotatable bonds is 3. The average Bonchev–Trinajstić information content (AvgIpc) is 2.04. The van der Waals surface area contributed by atoms with Crippen molar-refractivity contribution < 1.29 is 9.50 Å². The Balaban J connectivity index is 2.88. The minimum absolute atomic E-state index is 0.305. The molecule has 0 aliphatic heterocycles. The Labute approximate surface area is 78.2 Å². The number of benzene rings is 1. The summed E-state index contributed by atoms with van der Waals surface area (Å²) in [4.78, 5) is 0. The van der Waals surface area contributed by atoms with Gasteiger partial charge in [0.25, 0.3) is 0 Å². The minimum Gasteiger partial charge on any atom is -0.388 e. The number of aryl methyl sites for hydroxylation is 1. The summed E-state index contributed by atoms with van der Waals surface area (Å²) in [5.41, 5.74) is 1.29. The van der Waals surface area contributed by atoms with Gasteiger partial charge in [-0.2, -0.15) is 0 Å². The summed E-state index contributed by atoms with van der Waals surface area (Å²) in [6.07, 6.45) is 0.805. The summed E-state index contributed by atoms with van der Waals surface area (Å²) < 4.78 is 13.3. The average molecular weight is 182 g/mol. The number of halogens is 1. The smallest absolute Gasteiger partial charge is 0.129 e. The van der Waals surface area contributed by atoms with Crippen LogP contribution in [0.1, 0.15) is 37.0 Å². The number of hydrogen-bond acceptors (Lipinski definition) is 1. The molecule has 0 aromatic heterocycles. The van der Waals surface area contributed by atoms with Crippen molar-refractivity contribution in [3.05, 3.63) is 35.1 Å². The van der Waals surface area contributed by atoms with Crippen molar-refractivity contribution in [2.45, 2.75) is 32.8 Å². The fraction of sp³-hybridized carbons (Fsp3) is 0.455. The molecule has 0 aliphatic rings. The zero-order chi connectivity index (χ0) is 9.84. The quantitative estimate of drug-likeness (QED) is 0.762. The van der Waals surface area contributed by atoms with Gasteiger partial charge in [-0.25, -0.2) is 4.39 Å². The first-order valence-electron chi connectivity index (χ1n) is 4.59. The van der Waals surface area contributed by atoms with Crippen LogP contribution in [0.15, 0.2) is 18.2 Å².